The average Bonchev–Trinajstić information content (AvgIpc) is 2.38. The van der Waals surface area contributed by atoms with Crippen molar-refractivity contribution in [3.63, 3.8) is 0 Å². The lowest BCUT2D eigenvalue weighted by Gasteiger charge is -2.33. The van der Waals surface area contributed by atoms with Gasteiger partial charge in [0, 0.05) is 42.9 Å². The molecule has 1 amide bonds. The molecule has 0 aromatic heterocycles. The summed E-state index contributed by atoms with van der Waals surface area (Å²) < 4.78 is 0. The SMILES string of the molecule is CC(N)c1ccc(N2CCC(CC(N)=O)CC2)cc1O. The minimum Gasteiger partial charge on any atom is -0.508 e. The predicted octanol–water partition coefficient (Wildman–Crippen LogP) is 1.50. The molecule has 1 unspecified atom stereocenters. The lowest BCUT2D eigenvalue weighted by atomic mass is 9.93. The van der Waals surface area contributed by atoms with Gasteiger partial charge in [0.1, 0.15) is 5.75 Å². The van der Waals surface area contributed by atoms with Crippen LogP contribution in [0.25, 0.3) is 0 Å². The molecule has 0 saturated carbocycles. The summed E-state index contributed by atoms with van der Waals surface area (Å²) in [5.41, 5.74) is 12.8. The van der Waals surface area contributed by atoms with Crippen molar-refractivity contribution in [1.29, 1.82) is 0 Å². The molecule has 0 bridgehead atoms. The number of hydrogen-bond donors (Lipinski definition) is 3. The van der Waals surface area contributed by atoms with Crippen LogP contribution in [-0.2, 0) is 4.79 Å². The third-order valence-corrected chi connectivity index (χ3v) is 3.97. The normalized spacial score (nSPS) is 18.0. The van der Waals surface area contributed by atoms with Gasteiger partial charge >= 0.3 is 0 Å². The highest BCUT2D eigenvalue weighted by atomic mass is 16.3. The molecular formula is C15H23N3O2. The van der Waals surface area contributed by atoms with Crippen LogP contribution in [0.5, 0.6) is 5.75 Å². The summed E-state index contributed by atoms with van der Waals surface area (Å²) in [6, 6.07) is 5.47. The third-order valence-electron chi connectivity index (χ3n) is 3.97. The molecule has 1 heterocycles. The van der Waals surface area contributed by atoms with Gasteiger partial charge in [0.15, 0.2) is 0 Å². The Hall–Kier alpha value is -1.75. The second-order valence-electron chi connectivity index (χ2n) is 5.63. The maximum atomic E-state index is 10.9. The summed E-state index contributed by atoms with van der Waals surface area (Å²) in [4.78, 5) is 13.2. The average molecular weight is 277 g/mol. The number of anilines is 1. The van der Waals surface area contributed by atoms with E-state index in [0.717, 1.165) is 37.2 Å². The smallest absolute Gasteiger partial charge is 0.217 e. The van der Waals surface area contributed by atoms with Gasteiger partial charge in [-0.2, -0.15) is 0 Å². The van der Waals surface area contributed by atoms with E-state index in [1.165, 1.54) is 0 Å². The zero-order valence-electron chi connectivity index (χ0n) is 11.9. The van der Waals surface area contributed by atoms with E-state index in [-0.39, 0.29) is 17.7 Å². The van der Waals surface area contributed by atoms with Crippen molar-refractivity contribution < 1.29 is 9.90 Å². The van der Waals surface area contributed by atoms with Crippen molar-refractivity contribution >= 4 is 11.6 Å². The molecule has 1 aliphatic rings. The second kappa shape index (κ2) is 6.13. The molecule has 1 aromatic rings. The van der Waals surface area contributed by atoms with Gasteiger partial charge in [-0.3, -0.25) is 4.79 Å². The Bertz CT molecular complexity index is 480. The number of carbonyl (C=O) groups excluding carboxylic acids is 1. The number of phenolic OH excluding ortho intramolecular Hbond substituents is 1. The predicted molar refractivity (Wildman–Crippen MR) is 79.5 cm³/mol. The minimum absolute atomic E-state index is 0.176. The van der Waals surface area contributed by atoms with E-state index >= 15 is 0 Å². The summed E-state index contributed by atoms with van der Waals surface area (Å²) in [6.07, 6.45) is 2.39. The first-order valence-corrected chi connectivity index (χ1v) is 7.09. The minimum atomic E-state index is -0.220. The Kier molecular flexibility index (Phi) is 4.49. The van der Waals surface area contributed by atoms with Crippen LogP contribution in [0.3, 0.4) is 0 Å². The molecule has 20 heavy (non-hydrogen) atoms. The number of aromatic hydroxyl groups is 1. The number of benzene rings is 1. The summed E-state index contributed by atoms with van der Waals surface area (Å²) in [7, 11) is 0. The van der Waals surface area contributed by atoms with E-state index in [1.807, 2.05) is 19.1 Å². The highest BCUT2D eigenvalue weighted by Gasteiger charge is 2.21. The van der Waals surface area contributed by atoms with E-state index in [2.05, 4.69) is 4.90 Å². The van der Waals surface area contributed by atoms with Crippen molar-refractivity contribution in [2.45, 2.75) is 32.2 Å². The summed E-state index contributed by atoms with van der Waals surface area (Å²) in [5.74, 6) is 0.417. The fourth-order valence-corrected chi connectivity index (χ4v) is 2.79. The largest absolute Gasteiger partial charge is 0.508 e. The van der Waals surface area contributed by atoms with E-state index in [0.29, 0.717) is 12.3 Å². The quantitative estimate of drug-likeness (QED) is 0.777. The fourth-order valence-electron chi connectivity index (χ4n) is 2.79. The molecule has 1 saturated heterocycles. The Balaban J connectivity index is 2.00. The number of primary amides is 1. The van der Waals surface area contributed by atoms with Crippen molar-refractivity contribution in [1.82, 2.24) is 0 Å². The first kappa shape index (κ1) is 14.7. The number of nitrogens with two attached hydrogens (primary N) is 2. The molecule has 110 valence electrons. The Morgan fingerprint density at radius 3 is 2.60 bits per heavy atom. The fraction of sp³-hybridized carbons (Fsp3) is 0.533. The van der Waals surface area contributed by atoms with Crippen molar-refractivity contribution in [3.8, 4) is 5.75 Å². The van der Waals surface area contributed by atoms with Gasteiger partial charge in [0.25, 0.3) is 0 Å². The number of hydrogen-bond acceptors (Lipinski definition) is 4. The van der Waals surface area contributed by atoms with Crippen LogP contribution in [-0.4, -0.2) is 24.1 Å². The summed E-state index contributed by atoms with van der Waals surface area (Å²) in [5, 5.41) is 10.00. The van der Waals surface area contributed by atoms with Crippen LogP contribution in [0.15, 0.2) is 18.2 Å². The lowest BCUT2D eigenvalue weighted by Crippen LogP contribution is -2.35. The van der Waals surface area contributed by atoms with Gasteiger partial charge in [0.2, 0.25) is 5.91 Å². The third kappa shape index (κ3) is 3.42. The van der Waals surface area contributed by atoms with Crippen LogP contribution in [0.2, 0.25) is 0 Å². The molecule has 0 radical (unpaired) electrons. The van der Waals surface area contributed by atoms with Crippen LogP contribution in [0.4, 0.5) is 5.69 Å². The molecule has 5 N–H and O–H groups in total. The molecule has 2 rings (SSSR count). The Morgan fingerprint density at radius 2 is 2.10 bits per heavy atom. The van der Waals surface area contributed by atoms with E-state index in [4.69, 9.17) is 11.5 Å². The Labute approximate surface area is 119 Å². The molecule has 1 atom stereocenters. The maximum absolute atomic E-state index is 10.9. The lowest BCUT2D eigenvalue weighted by molar-refractivity contribution is -0.119. The molecule has 1 aromatic carbocycles. The Morgan fingerprint density at radius 1 is 1.45 bits per heavy atom. The number of carbonyl (C=O) groups is 1. The monoisotopic (exact) mass is 277 g/mol. The maximum Gasteiger partial charge on any atom is 0.217 e. The van der Waals surface area contributed by atoms with Crippen LogP contribution in [0, 0.1) is 5.92 Å². The summed E-state index contributed by atoms with van der Waals surface area (Å²) >= 11 is 0. The molecule has 0 spiro atoms. The van der Waals surface area contributed by atoms with Crippen molar-refractivity contribution in [2.24, 2.45) is 17.4 Å². The molecule has 5 nitrogen and oxygen atoms in total. The highest BCUT2D eigenvalue weighted by molar-refractivity contribution is 5.74. The molecular weight excluding hydrogens is 254 g/mol. The number of piperidine rings is 1. The van der Waals surface area contributed by atoms with Crippen LogP contribution >= 0.6 is 0 Å². The van der Waals surface area contributed by atoms with Crippen LogP contribution in [0.1, 0.15) is 37.8 Å². The number of amides is 1. The second-order valence-corrected chi connectivity index (χ2v) is 5.63. The molecule has 5 heteroatoms. The van der Waals surface area contributed by atoms with E-state index < -0.39 is 0 Å². The zero-order valence-corrected chi connectivity index (χ0v) is 11.9. The molecule has 0 aliphatic carbocycles. The van der Waals surface area contributed by atoms with Gasteiger partial charge < -0.3 is 21.5 Å². The highest BCUT2D eigenvalue weighted by Crippen LogP contribution is 2.31. The van der Waals surface area contributed by atoms with Gasteiger partial charge in [-0.15, -0.1) is 0 Å². The summed E-state index contributed by atoms with van der Waals surface area (Å²) in [6.45, 7) is 3.62. The van der Waals surface area contributed by atoms with Gasteiger partial charge in [-0.25, -0.2) is 0 Å². The number of rotatable bonds is 4. The van der Waals surface area contributed by atoms with Crippen molar-refractivity contribution in [3.05, 3.63) is 23.8 Å². The standard InChI is InChI=1S/C15H23N3O2/c1-10(16)13-3-2-12(9-14(13)19)18-6-4-11(5-7-18)8-15(17)20/h2-3,9-11,19H,4-8,16H2,1H3,(H2,17,20). The van der Waals surface area contributed by atoms with Gasteiger partial charge in [0.05, 0.1) is 0 Å². The topological polar surface area (TPSA) is 92.6 Å². The van der Waals surface area contributed by atoms with Crippen LogP contribution < -0.4 is 16.4 Å². The zero-order chi connectivity index (χ0) is 14.7. The van der Waals surface area contributed by atoms with Crippen molar-refractivity contribution in [2.75, 3.05) is 18.0 Å². The van der Waals surface area contributed by atoms with Gasteiger partial charge in [-0.1, -0.05) is 6.07 Å². The first-order chi connectivity index (χ1) is 9.47. The number of phenols is 1. The molecule has 1 fully saturated rings. The number of nitrogens with zero attached hydrogens (tertiary/aromatic N) is 1. The first-order valence-electron chi connectivity index (χ1n) is 7.09. The molecule has 1 aliphatic heterocycles. The van der Waals surface area contributed by atoms with E-state index in [1.54, 1.807) is 6.07 Å². The van der Waals surface area contributed by atoms with Gasteiger partial charge in [-0.05, 0) is 31.7 Å². The van der Waals surface area contributed by atoms with E-state index in [9.17, 15) is 9.90 Å².